The maximum Gasteiger partial charge on any atom is 0.126 e. The van der Waals surface area contributed by atoms with E-state index in [9.17, 15) is 0 Å². The predicted octanol–water partition coefficient (Wildman–Crippen LogP) is 3.02. The minimum absolute atomic E-state index is 0.166. The summed E-state index contributed by atoms with van der Waals surface area (Å²) >= 11 is 3.51. The molecule has 0 heterocycles. The van der Waals surface area contributed by atoms with Crippen molar-refractivity contribution in [2.24, 2.45) is 0 Å². The summed E-state index contributed by atoms with van der Waals surface area (Å²) in [6.07, 6.45) is 1.78. The van der Waals surface area contributed by atoms with Crippen molar-refractivity contribution in [2.45, 2.75) is 33.2 Å². The highest BCUT2D eigenvalue weighted by Gasteiger charge is 2.08. The molecule has 0 atom stereocenters. The molecular formula is C14H22BrNO2. The van der Waals surface area contributed by atoms with Crippen LogP contribution in [0, 0.1) is 6.92 Å². The molecule has 0 unspecified atom stereocenters. The zero-order valence-corrected chi connectivity index (χ0v) is 12.7. The summed E-state index contributed by atoms with van der Waals surface area (Å²) in [5.74, 6) is 0.940. The summed E-state index contributed by atoms with van der Waals surface area (Å²) in [7, 11) is 0. The van der Waals surface area contributed by atoms with Crippen LogP contribution in [-0.4, -0.2) is 24.9 Å². The highest BCUT2D eigenvalue weighted by Crippen LogP contribution is 2.28. The van der Waals surface area contributed by atoms with Gasteiger partial charge in [-0.2, -0.15) is 0 Å². The first-order valence-electron chi connectivity index (χ1n) is 6.42. The molecule has 0 bridgehead atoms. The van der Waals surface area contributed by atoms with Gasteiger partial charge >= 0.3 is 0 Å². The van der Waals surface area contributed by atoms with Gasteiger partial charge in [-0.15, -0.1) is 0 Å². The van der Waals surface area contributed by atoms with Crippen molar-refractivity contribution < 1.29 is 9.84 Å². The number of rotatable bonds is 8. The van der Waals surface area contributed by atoms with Crippen molar-refractivity contribution in [3.05, 3.63) is 27.7 Å². The Bertz CT molecular complexity index is 369. The zero-order valence-electron chi connectivity index (χ0n) is 11.1. The maximum absolute atomic E-state index is 8.80. The van der Waals surface area contributed by atoms with E-state index in [4.69, 9.17) is 9.84 Å². The van der Waals surface area contributed by atoms with Gasteiger partial charge in [0.1, 0.15) is 5.75 Å². The summed E-state index contributed by atoms with van der Waals surface area (Å²) in [6.45, 7) is 6.73. The lowest BCUT2D eigenvalue weighted by Gasteiger charge is -2.15. The molecule has 102 valence electrons. The Hall–Kier alpha value is -0.580. The summed E-state index contributed by atoms with van der Waals surface area (Å²) in [6, 6.07) is 4.14. The SMILES string of the molecule is CCCNCc1cc(Br)cc(C)c1OCCCO. The summed E-state index contributed by atoms with van der Waals surface area (Å²) in [5.41, 5.74) is 2.28. The van der Waals surface area contributed by atoms with Crippen LogP contribution in [0.2, 0.25) is 0 Å². The summed E-state index contributed by atoms with van der Waals surface area (Å²) in [4.78, 5) is 0. The fraction of sp³-hybridized carbons (Fsp3) is 0.571. The molecular weight excluding hydrogens is 294 g/mol. The lowest BCUT2D eigenvalue weighted by Crippen LogP contribution is -2.15. The monoisotopic (exact) mass is 315 g/mol. The lowest BCUT2D eigenvalue weighted by atomic mass is 10.1. The minimum Gasteiger partial charge on any atom is -0.493 e. The first-order valence-corrected chi connectivity index (χ1v) is 7.21. The Morgan fingerprint density at radius 2 is 2.17 bits per heavy atom. The molecule has 0 aliphatic heterocycles. The van der Waals surface area contributed by atoms with Crippen LogP contribution in [-0.2, 0) is 6.54 Å². The van der Waals surface area contributed by atoms with Gasteiger partial charge in [0.15, 0.2) is 0 Å². The molecule has 3 nitrogen and oxygen atoms in total. The molecule has 0 fully saturated rings. The highest BCUT2D eigenvalue weighted by molar-refractivity contribution is 9.10. The van der Waals surface area contributed by atoms with Gasteiger partial charge in [0.2, 0.25) is 0 Å². The van der Waals surface area contributed by atoms with Crippen LogP contribution in [0.15, 0.2) is 16.6 Å². The molecule has 0 aliphatic carbocycles. The van der Waals surface area contributed by atoms with Gasteiger partial charge in [0.05, 0.1) is 6.61 Å². The average molecular weight is 316 g/mol. The zero-order chi connectivity index (χ0) is 13.4. The summed E-state index contributed by atoms with van der Waals surface area (Å²) < 4.78 is 6.85. The van der Waals surface area contributed by atoms with Crippen molar-refractivity contribution in [3.8, 4) is 5.75 Å². The normalized spacial score (nSPS) is 10.7. The number of ether oxygens (including phenoxy) is 1. The van der Waals surface area contributed by atoms with E-state index in [1.165, 1.54) is 0 Å². The molecule has 1 aromatic rings. The Morgan fingerprint density at radius 1 is 1.39 bits per heavy atom. The molecule has 0 radical (unpaired) electrons. The molecule has 0 spiro atoms. The quantitative estimate of drug-likeness (QED) is 0.725. The van der Waals surface area contributed by atoms with Crippen molar-refractivity contribution in [3.63, 3.8) is 0 Å². The second-order valence-electron chi connectivity index (χ2n) is 4.31. The van der Waals surface area contributed by atoms with Crippen molar-refractivity contribution >= 4 is 15.9 Å². The molecule has 0 amide bonds. The van der Waals surface area contributed by atoms with E-state index in [-0.39, 0.29) is 6.61 Å². The number of benzene rings is 1. The predicted molar refractivity (Wildman–Crippen MR) is 78.1 cm³/mol. The van der Waals surface area contributed by atoms with Crippen LogP contribution < -0.4 is 10.1 Å². The molecule has 1 aromatic carbocycles. The second-order valence-corrected chi connectivity index (χ2v) is 5.23. The van der Waals surface area contributed by atoms with Gasteiger partial charge in [0.25, 0.3) is 0 Å². The van der Waals surface area contributed by atoms with Crippen LogP contribution >= 0.6 is 15.9 Å². The van der Waals surface area contributed by atoms with Gasteiger partial charge in [0, 0.05) is 29.6 Å². The standard InChI is InChI=1S/C14H22BrNO2/c1-3-5-16-10-12-9-13(15)8-11(2)14(12)18-7-4-6-17/h8-9,16-17H,3-7,10H2,1-2H3. The Kier molecular flexibility index (Phi) is 7.32. The van der Waals surface area contributed by atoms with Crippen molar-refractivity contribution in [2.75, 3.05) is 19.8 Å². The van der Waals surface area contributed by atoms with Crippen LogP contribution in [0.25, 0.3) is 0 Å². The highest BCUT2D eigenvalue weighted by atomic mass is 79.9. The van der Waals surface area contributed by atoms with Crippen LogP contribution in [0.4, 0.5) is 0 Å². The Balaban J connectivity index is 2.76. The van der Waals surface area contributed by atoms with E-state index in [1.54, 1.807) is 0 Å². The van der Waals surface area contributed by atoms with Crippen LogP contribution in [0.3, 0.4) is 0 Å². The molecule has 1 rings (SSSR count). The smallest absolute Gasteiger partial charge is 0.126 e. The maximum atomic E-state index is 8.80. The Morgan fingerprint density at radius 3 is 2.83 bits per heavy atom. The second kappa shape index (κ2) is 8.51. The van der Waals surface area contributed by atoms with E-state index >= 15 is 0 Å². The molecule has 4 heteroatoms. The summed E-state index contributed by atoms with van der Waals surface area (Å²) in [5, 5.41) is 12.2. The number of nitrogens with one attached hydrogen (secondary N) is 1. The topological polar surface area (TPSA) is 41.5 Å². The van der Waals surface area contributed by atoms with Gasteiger partial charge < -0.3 is 15.2 Å². The fourth-order valence-electron chi connectivity index (χ4n) is 1.78. The number of aliphatic hydroxyl groups excluding tert-OH is 1. The van der Waals surface area contributed by atoms with Gasteiger partial charge in [-0.3, -0.25) is 0 Å². The van der Waals surface area contributed by atoms with Crippen LogP contribution in [0.5, 0.6) is 5.75 Å². The molecule has 0 saturated heterocycles. The average Bonchev–Trinajstić information content (AvgIpc) is 2.32. The number of aliphatic hydroxyl groups is 1. The lowest BCUT2D eigenvalue weighted by molar-refractivity contribution is 0.231. The molecule has 0 aliphatic rings. The molecule has 0 aromatic heterocycles. The van der Waals surface area contributed by atoms with E-state index in [0.717, 1.165) is 40.9 Å². The third kappa shape index (κ3) is 4.96. The fourth-order valence-corrected chi connectivity index (χ4v) is 2.40. The molecule has 0 saturated carbocycles. The number of aryl methyl sites for hydroxylation is 1. The van der Waals surface area contributed by atoms with E-state index in [0.29, 0.717) is 13.0 Å². The largest absolute Gasteiger partial charge is 0.493 e. The number of halogens is 1. The Labute approximate surface area is 118 Å². The van der Waals surface area contributed by atoms with E-state index < -0.39 is 0 Å². The number of hydrogen-bond donors (Lipinski definition) is 2. The first-order chi connectivity index (χ1) is 8.69. The van der Waals surface area contributed by atoms with Crippen molar-refractivity contribution in [1.82, 2.24) is 5.32 Å². The van der Waals surface area contributed by atoms with Gasteiger partial charge in [-0.1, -0.05) is 22.9 Å². The van der Waals surface area contributed by atoms with Crippen LogP contribution in [0.1, 0.15) is 30.9 Å². The van der Waals surface area contributed by atoms with Gasteiger partial charge in [-0.25, -0.2) is 0 Å². The third-order valence-electron chi connectivity index (χ3n) is 2.61. The van der Waals surface area contributed by atoms with E-state index in [2.05, 4.69) is 40.3 Å². The van der Waals surface area contributed by atoms with Crippen molar-refractivity contribution in [1.29, 1.82) is 0 Å². The third-order valence-corrected chi connectivity index (χ3v) is 3.07. The minimum atomic E-state index is 0.166. The molecule has 18 heavy (non-hydrogen) atoms. The van der Waals surface area contributed by atoms with Gasteiger partial charge in [-0.05, 0) is 37.6 Å². The van der Waals surface area contributed by atoms with E-state index in [1.807, 2.05) is 6.92 Å². The number of hydrogen-bond acceptors (Lipinski definition) is 3. The first kappa shape index (κ1) is 15.5. The molecule has 2 N–H and O–H groups in total.